The van der Waals surface area contributed by atoms with Gasteiger partial charge in [0.25, 0.3) is 11.5 Å². The zero-order valence-corrected chi connectivity index (χ0v) is 10.3. The highest BCUT2D eigenvalue weighted by Crippen LogP contribution is 2.11. The van der Waals surface area contributed by atoms with E-state index in [2.05, 4.69) is 5.32 Å². The van der Waals surface area contributed by atoms with Gasteiger partial charge in [0.2, 0.25) is 0 Å². The first-order valence-corrected chi connectivity index (χ1v) is 5.58. The highest BCUT2D eigenvalue weighted by atomic mass is 16.2. The van der Waals surface area contributed by atoms with Gasteiger partial charge in [0, 0.05) is 30.6 Å². The van der Waals surface area contributed by atoms with E-state index in [-0.39, 0.29) is 17.0 Å². The normalized spacial score (nSPS) is 9.68. The number of aryl methyl sites for hydroxylation is 1. The molecule has 0 fully saturated rings. The molecule has 5 nitrogen and oxygen atoms in total. The first-order valence-electron chi connectivity index (χ1n) is 5.58. The van der Waals surface area contributed by atoms with Crippen LogP contribution in [0.1, 0.15) is 15.9 Å². The average Bonchev–Trinajstić information content (AvgIpc) is 2.42. The molecule has 0 aliphatic carbocycles. The molecule has 1 N–H and O–H groups in total. The molecule has 0 bridgehead atoms. The van der Waals surface area contributed by atoms with Crippen molar-refractivity contribution in [2.75, 3.05) is 5.32 Å². The SMILES string of the molecule is Cn1ccc(C(=O)Nc2cccc(C#N)c2)cc1=O. The minimum absolute atomic E-state index is 0.251. The van der Waals surface area contributed by atoms with Crippen LogP contribution < -0.4 is 10.9 Å². The third-order valence-electron chi connectivity index (χ3n) is 2.62. The van der Waals surface area contributed by atoms with Crippen LogP contribution >= 0.6 is 0 Å². The fourth-order valence-corrected chi connectivity index (χ4v) is 1.56. The van der Waals surface area contributed by atoms with Crippen LogP contribution in [0.3, 0.4) is 0 Å². The van der Waals surface area contributed by atoms with Crippen LogP contribution in [0.15, 0.2) is 47.4 Å². The Balaban J connectivity index is 2.23. The Morgan fingerprint density at radius 1 is 1.32 bits per heavy atom. The molecular weight excluding hydrogens is 242 g/mol. The lowest BCUT2D eigenvalue weighted by Crippen LogP contribution is -2.19. The van der Waals surface area contributed by atoms with Crippen molar-refractivity contribution in [1.82, 2.24) is 4.57 Å². The van der Waals surface area contributed by atoms with Crippen molar-refractivity contribution in [1.29, 1.82) is 5.26 Å². The van der Waals surface area contributed by atoms with Gasteiger partial charge in [-0.05, 0) is 24.3 Å². The summed E-state index contributed by atoms with van der Waals surface area (Å²) < 4.78 is 1.38. The van der Waals surface area contributed by atoms with Gasteiger partial charge >= 0.3 is 0 Å². The number of carbonyl (C=O) groups is 1. The lowest BCUT2D eigenvalue weighted by molar-refractivity contribution is 0.102. The fraction of sp³-hybridized carbons (Fsp3) is 0.0714. The topological polar surface area (TPSA) is 74.9 Å². The standard InChI is InChI=1S/C14H11N3O2/c1-17-6-5-11(8-13(17)18)14(19)16-12-4-2-3-10(7-12)9-15/h2-8H,1H3,(H,16,19). The number of nitrogens with zero attached hydrogens (tertiary/aromatic N) is 2. The summed E-state index contributed by atoms with van der Waals surface area (Å²) in [4.78, 5) is 23.4. The Hall–Kier alpha value is -2.87. The maximum absolute atomic E-state index is 11.9. The first kappa shape index (κ1) is 12.6. The van der Waals surface area contributed by atoms with E-state index < -0.39 is 0 Å². The smallest absolute Gasteiger partial charge is 0.255 e. The zero-order chi connectivity index (χ0) is 13.8. The molecule has 5 heteroatoms. The summed E-state index contributed by atoms with van der Waals surface area (Å²) in [5.41, 5.74) is 1.01. The highest BCUT2D eigenvalue weighted by molar-refractivity contribution is 6.04. The molecule has 0 aliphatic rings. The summed E-state index contributed by atoms with van der Waals surface area (Å²) >= 11 is 0. The summed E-state index contributed by atoms with van der Waals surface area (Å²) in [7, 11) is 1.61. The van der Waals surface area contributed by atoms with Gasteiger partial charge in [-0.1, -0.05) is 6.07 Å². The van der Waals surface area contributed by atoms with Crippen molar-refractivity contribution in [2.24, 2.45) is 7.05 Å². The van der Waals surface area contributed by atoms with E-state index in [9.17, 15) is 9.59 Å². The summed E-state index contributed by atoms with van der Waals surface area (Å²) in [5.74, 6) is -0.382. The van der Waals surface area contributed by atoms with Crippen LogP contribution in [0, 0.1) is 11.3 Å². The van der Waals surface area contributed by atoms with Gasteiger partial charge in [-0.15, -0.1) is 0 Å². The van der Waals surface area contributed by atoms with Crippen molar-refractivity contribution in [3.63, 3.8) is 0 Å². The van der Waals surface area contributed by atoms with Gasteiger partial charge in [0.15, 0.2) is 0 Å². The van der Waals surface area contributed by atoms with Crippen LogP contribution in [-0.4, -0.2) is 10.5 Å². The van der Waals surface area contributed by atoms with Crippen LogP contribution in [0.4, 0.5) is 5.69 Å². The Bertz CT molecular complexity index is 726. The van der Waals surface area contributed by atoms with Gasteiger partial charge in [0.05, 0.1) is 11.6 Å². The molecule has 0 unspecified atom stereocenters. The van der Waals surface area contributed by atoms with Crippen molar-refractivity contribution in [3.05, 3.63) is 64.1 Å². The molecule has 0 saturated carbocycles. The monoisotopic (exact) mass is 253 g/mol. The molecule has 0 radical (unpaired) electrons. The van der Waals surface area contributed by atoms with Crippen LogP contribution in [-0.2, 0) is 7.05 Å². The molecule has 0 atom stereocenters. The van der Waals surface area contributed by atoms with Gasteiger partial charge in [-0.3, -0.25) is 9.59 Å². The summed E-state index contributed by atoms with van der Waals surface area (Å²) in [6, 6.07) is 11.4. The molecule has 0 aliphatic heterocycles. The molecule has 0 saturated heterocycles. The van der Waals surface area contributed by atoms with E-state index in [1.54, 1.807) is 37.4 Å². The predicted octanol–water partition coefficient (Wildman–Crippen LogP) is 1.51. The quantitative estimate of drug-likeness (QED) is 0.881. The van der Waals surface area contributed by atoms with Crippen molar-refractivity contribution < 1.29 is 4.79 Å². The maximum atomic E-state index is 11.9. The number of benzene rings is 1. The number of nitrogens with one attached hydrogen (secondary N) is 1. The Labute approximate surface area is 109 Å². The Morgan fingerprint density at radius 3 is 2.79 bits per heavy atom. The lowest BCUT2D eigenvalue weighted by Gasteiger charge is -2.05. The minimum atomic E-state index is -0.382. The molecule has 1 aromatic carbocycles. The fourth-order valence-electron chi connectivity index (χ4n) is 1.56. The summed E-state index contributed by atoms with van der Waals surface area (Å²) in [6.07, 6.45) is 1.53. The second kappa shape index (κ2) is 5.19. The van der Waals surface area contributed by atoms with Crippen LogP contribution in [0.25, 0.3) is 0 Å². The third kappa shape index (κ3) is 2.87. The number of nitriles is 1. The van der Waals surface area contributed by atoms with E-state index >= 15 is 0 Å². The van der Waals surface area contributed by atoms with E-state index in [1.807, 2.05) is 6.07 Å². The number of aromatic nitrogens is 1. The van der Waals surface area contributed by atoms with Crippen molar-refractivity contribution >= 4 is 11.6 Å². The largest absolute Gasteiger partial charge is 0.322 e. The summed E-state index contributed by atoms with van der Waals surface area (Å²) in [6.45, 7) is 0. The molecule has 19 heavy (non-hydrogen) atoms. The maximum Gasteiger partial charge on any atom is 0.255 e. The molecule has 1 heterocycles. The second-order valence-corrected chi connectivity index (χ2v) is 4.01. The number of anilines is 1. The van der Waals surface area contributed by atoms with Gasteiger partial charge in [-0.25, -0.2) is 0 Å². The number of hydrogen-bond acceptors (Lipinski definition) is 3. The van der Waals surface area contributed by atoms with Gasteiger partial charge in [0.1, 0.15) is 0 Å². The van der Waals surface area contributed by atoms with Gasteiger partial charge in [-0.2, -0.15) is 5.26 Å². The molecule has 2 rings (SSSR count). The van der Waals surface area contributed by atoms with Crippen molar-refractivity contribution in [2.45, 2.75) is 0 Å². The van der Waals surface area contributed by atoms with Crippen LogP contribution in [0.2, 0.25) is 0 Å². The summed E-state index contributed by atoms with van der Waals surface area (Å²) in [5, 5.41) is 11.4. The van der Waals surface area contributed by atoms with E-state index in [0.717, 1.165) is 0 Å². The number of carbonyl (C=O) groups excluding carboxylic acids is 1. The molecule has 1 aromatic heterocycles. The Kier molecular flexibility index (Phi) is 3.44. The molecule has 1 amide bonds. The lowest BCUT2D eigenvalue weighted by atomic mass is 10.2. The van der Waals surface area contributed by atoms with Gasteiger partial charge < -0.3 is 9.88 Å². The number of amides is 1. The molecule has 0 spiro atoms. The molecule has 2 aromatic rings. The third-order valence-corrected chi connectivity index (χ3v) is 2.62. The van der Waals surface area contributed by atoms with E-state index in [4.69, 9.17) is 5.26 Å². The number of rotatable bonds is 2. The van der Waals surface area contributed by atoms with Crippen LogP contribution in [0.5, 0.6) is 0 Å². The predicted molar refractivity (Wildman–Crippen MR) is 70.8 cm³/mol. The average molecular weight is 253 g/mol. The molecular formula is C14H11N3O2. The Morgan fingerprint density at radius 2 is 2.11 bits per heavy atom. The zero-order valence-electron chi connectivity index (χ0n) is 10.3. The first-order chi connectivity index (χ1) is 9.10. The molecule has 94 valence electrons. The minimum Gasteiger partial charge on any atom is -0.322 e. The number of hydrogen-bond donors (Lipinski definition) is 1. The highest BCUT2D eigenvalue weighted by Gasteiger charge is 2.07. The second-order valence-electron chi connectivity index (χ2n) is 4.01. The number of pyridine rings is 1. The van der Waals surface area contributed by atoms with E-state index in [0.29, 0.717) is 11.3 Å². The van der Waals surface area contributed by atoms with E-state index in [1.165, 1.54) is 16.8 Å². The van der Waals surface area contributed by atoms with Crippen molar-refractivity contribution in [3.8, 4) is 6.07 Å².